The van der Waals surface area contributed by atoms with Gasteiger partial charge in [-0.2, -0.15) is 5.26 Å². The van der Waals surface area contributed by atoms with Gasteiger partial charge in [-0.05, 0) is 32.8 Å². The third kappa shape index (κ3) is 5.53. The molecule has 0 fully saturated rings. The zero-order chi connectivity index (χ0) is 18.3. The maximum absolute atomic E-state index is 12.0. The van der Waals surface area contributed by atoms with Crippen molar-refractivity contribution < 1.29 is 14.3 Å². The SMILES string of the molecule is CCOC(=O)c1cc(C#N)c(SCC(=O)NC(C)C(C)C)nc1C. The Balaban J connectivity index is 2.86. The average molecular weight is 349 g/mol. The third-order valence-corrected chi connectivity index (χ3v) is 4.51. The van der Waals surface area contributed by atoms with Gasteiger partial charge in [0.2, 0.25) is 5.91 Å². The van der Waals surface area contributed by atoms with E-state index in [1.54, 1.807) is 13.8 Å². The highest BCUT2D eigenvalue weighted by Crippen LogP contribution is 2.23. The Morgan fingerprint density at radius 1 is 1.42 bits per heavy atom. The normalized spacial score (nSPS) is 11.7. The van der Waals surface area contributed by atoms with Crippen LogP contribution in [0, 0.1) is 24.2 Å². The lowest BCUT2D eigenvalue weighted by Gasteiger charge is -2.17. The van der Waals surface area contributed by atoms with E-state index in [9.17, 15) is 14.9 Å². The number of thioether (sulfide) groups is 1. The topological polar surface area (TPSA) is 92.1 Å². The molecular weight excluding hydrogens is 326 g/mol. The van der Waals surface area contributed by atoms with Crippen LogP contribution in [0.25, 0.3) is 0 Å². The average Bonchev–Trinajstić information content (AvgIpc) is 2.52. The maximum atomic E-state index is 12.0. The summed E-state index contributed by atoms with van der Waals surface area (Å²) in [6.45, 7) is 9.66. The van der Waals surface area contributed by atoms with E-state index in [1.807, 2.05) is 26.8 Å². The molecule has 1 rings (SSSR count). The van der Waals surface area contributed by atoms with E-state index in [4.69, 9.17) is 4.74 Å². The molecule has 0 aliphatic heterocycles. The number of nitrogens with one attached hydrogen (secondary N) is 1. The largest absolute Gasteiger partial charge is 0.462 e. The molecule has 0 saturated carbocycles. The second-order valence-electron chi connectivity index (χ2n) is 5.70. The van der Waals surface area contributed by atoms with Crippen LogP contribution in [0.5, 0.6) is 0 Å². The molecule has 1 amide bonds. The molecule has 1 atom stereocenters. The van der Waals surface area contributed by atoms with Crippen LogP contribution in [-0.2, 0) is 9.53 Å². The third-order valence-electron chi connectivity index (χ3n) is 3.52. The summed E-state index contributed by atoms with van der Waals surface area (Å²) in [5, 5.41) is 12.6. The van der Waals surface area contributed by atoms with E-state index in [0.29, 0.717) is 16.6 Å². The molecule has 130 valence electrons. The van der Waals surface area contributed by atoms with Crippen LogP contribution in [0.3, 0.4) is 0 Å². The van der Waals surface area contributed by atoms with Gasteiger partial charge in [0.1, 0.15) is 11.1 Å². The van der Waals surface area contributed by atoms with E-state index in [0.717, 1.165) is 0 Å². The molecule has 1 N–H and O–H groups in total. The molecule has 1 aromatic rings. The molecule has 0 aromatic carbocycles. The fraction of sp³-hybridized carbons (Fsp3) is 0.529. The summed E-state index contributed by atoms with van der Waals surface area (Å²) in [7, 11) is 0. The summed E-state index contributed by atoms with van der Waals surface area (Å²) in [5.74, 6) is -0.104. The molecule has 7 heteroatoms. The Morgan fingerprint density at radius 3 is 2.62 bits per heavy atom. The Labute approximate surface area is 147 Å². The van der Waals surface area contributed by atoms with Crippen LogP contribution < -0.4 is 5.32 Å². The number of nitriles is 1. The first-order valence-corrected chi connectivity index (χ1v) is 8.79. The minimum atomic E-state index is -0.501. The lowest BCUT2D eigenvalue weighted by atomic mass is 10.1. The van der Waals surface area contributed by atoms with Gasteiger partial charge < -0.3 is 10.1 Å². The molecule has 0 saturated heterocycles. The van der Waals surface area contributed by atoms with Crippen LogP contribution in [-0.4, -0.2) is 35.3 Å². The molecular formula is C17H23N3O3S. The van der Waals surface area contributed by atoms with E-state index in [1.165, 1.54) is 17.8 Å². The smallest absolute Gasteiger partial charge is 0.340 e. The Bertz CT molecular complexity index is 653. The van der Waals surface area contributed by atoms with Crippen LogP contribution in [0.4, 0.5) is 0 Å². The lowest BCUT2D eigenvalue weighted by Crippen LogP contribution is -2.37. The van der Waals surface area contributed by atoms with Crippen molar-refractivity contribution in [3.8, 4) is 6.07 Å². The summed E-state index contributed by atoms with van der Waals surface area (Å²) in [6.07, 6.45) is 0. The van der Waals surface area contributed by atoms with Crippen molar-refractivity contribution in [2.75, 3.05) is 12.4 Å². The van der Waals surface area contributed by atoms with Crippen molar-refractivity contribution in [3.63, 3.8) is 0 Å². The summed E-state index contributed by atoms with van der Waals surface area (Å²) in [4.78, 5) is 28.1. The number of carbonyl (C=O) groups excluding carboxylic acids is 2. The van der Waals surface area contributed by atoms with E-state index >= 15 is 0 Å². The fourth-order valence-electron chi connectivity index (χ4n) is 1.79. The number of hydrogen-bond acceptors (Lipinski definition) is 6. The molecule has 0 aliphatic carbocycles. The Morgan fingerprint density at radius 2 is 2.08 bits per heavy atom. The molecule has 0 radical (unpaired) electrons. The lowest BCUT2D eigenvalue weighted by molar-refractivity contribution is -0.119. The zero-order valence-electron chi connectivity index (χ0n) is 14.7. The second kappa shape index (κ2) is 9.28. The predicted octanol–water partition coefficient (Wildman–Crippen LogP) is 2.69. The van der Waals surface area contributed by atoms with Crippen molar-refractivity contribution in [2.24, 2.45) is 5.92 Å². The second-order valence-corrected chi connectivity index (χ2v) is 6.66. The number of rotatable bonds is 7. The van der Waals surface area contributed by atoms with Gasteiger partial charge in [-0.25, -0.2) is 9.78 Å². The van der Waals surface area contributed by atoms with E-state index < -0.39 is 5.97 Å². The highest BCUT2D eigenvalue weighted by Gasteiger charge is 2.17. The van der Waals surface area contributed by atoms with E-state index in [-0.39, 0.29) is 35.4 Å². The highest BCUT2D eigenvalue weighted by atomic mass is 32.2. The molecule has 0 bridgehead atoms. The minimum absolute atomic E-state index is 0.0782. The van der Waals surface area contributed by atoms with Gasteiger partial charge in [-0.15, -0.1) is 0 Å². The van der Waals surface area contributed by atoms with Gasteiger partial charge in [0.25, 0.3) is 0 Å². The molecule has 1 heterocycles. The monoisotopic (exact) mass is 349 g/mol. The van der Waals surface area contributed by atoms with Crippen LogP contribution in [0.15, 0.2) is 11.1 Å². The summed E-state index contributed by atoms with van der Waals surface area (Å²) < 4.78 is 4.95. The number of pyridine rings is 1. The van der Waals surface area contributed by atoms with Gasteiger partial charge in [0.05, 0.1) is 29.2 Å². The van der Waals surface area contributed by atoms with Gasteiger partial charge in [0.15, 0.2) is 0 Å². The maximum Gasteiger partial charge on any atom is 0.340 e. The number of hydrogen-bond donors (Lipinski definition) is 1. The van der Waals surface area contributed by atoms with Crippen molar-refractivity contribution in [2.45, 2.75) is 45.7 Å². The first-order valence-electron chi connectivity index (χ1n) is 7.81. The Hall–Kier alpha value is -2.07. The number of nitrogens with zero attached hydrogens (tertiary/aromatic N) is 2. The quantitative estimate of drug-likeness (QED) is 0.601. The fourth-order valence-corrected chi connectivity index (χ4v) is 2.60. The predicted molar refractivity (Wildman–Crippen MR) is 92.8 cm³/mol. The van der Waals surface area contributed by atoms with Crippen LogP contribution in [0.1, 0.15) is 49.3 Å². The number of aromatic nitrogens is 1. The number of ether oxygens (including phenoxy) is 1. The molecule has 24 heavy (non-hydrogen) atoms. The number of carbonyl (C=O) groups is 2. The van der Waals surface area contributed by atoms with Crippen LogP contribution in [0.2, 0.25) is 0 Å². The first-order chi connectivity index (χ1) is 11.3. The molecule has 6 nitrogen and oxygen atoms in total. The number of aryl methyl sites for hydroxylation is 1. The minimum Gasteiger partial charge on any atom is -0.462 e. The summed E-state index contributed by atoms with van der Waals surface area (Å²) >= 11 is 1.18. The van der Waals surface area contributed by atoms with Crippen molar-refractivity contribution in [1.82, 2.24) is 10.3 Å². The number of esters is 1. The van der Waals surface area contributed by atoms with Crippen molar-refractivity contribution >= 4 is 23.6 Å². The molecule has 1 unspecified atom stereocenters. The van der Waals surface area contributed by atoms with Crippen LogP contribution >= 0.6 is 11.8 Å². The molecule has 1 aromatic heterocycles. The van der Waals surface area contributed by atoms with Gasteiger partial charge in [-0.1, -0.05) is 25.6 Å². The number of amides is 1. The van der Waals surface area contributed by atoms with Gasteiger partial charge in [-0.3, -0.25) is 4.79 Å². The standard InChI is InChI=1S/C17H23N3O3S/c1-6-23-17(22)14-7-13(8-18)16(20-12(14)5)24-9-15(21)19-11(4)10(2)3/h7,10-11H,6,9H2,1-5H3,(H,19,21). The van der Waals surface area contributed by atoms with E-state index in [2.05, 4.69) is 10.3 Å². The highest BCUT2D eigenvalue weighted by molar-refractivity contribution is 8.00. The van der Waals surface area contributed by atoms with Crippen molar-refractivity contribution in [1.29, 1.82) is 5.26 Å². The molecule has 0 spiro atoms. The Kier molecular flexibility index (Phi) is 7.72. The summed E-state index contributed by atoms with van der Waals surface area (Å²) in [5.41, 5.74) is 1.01. The van der Waals surface area contributed by atoms with Crippen molar-refractivity contribution in [3.05, 3.63) is 22.9 Å². The summed E-state index contributed by atoms with van der Waals surface area (Å²) in [6, 6.07) is 3.57. The molecule has 0 aliphatic rings. The zero-order valence-corrected chi connectivity index (χ0v) is 15.5. The van der Waals surface area contributed by atoms with Gasteiger partial charge in [0, 0.05) is 6.04 Å². The van der Waals surface area contributed by atoms with Gasteiger partial charge >= 0.3 is 5.97 Å². The first kappa shape index (κ1) is 20.0.